The first-order valence-corrected chi connectivity index (χ1v) is 6.11. The van der Waals surface area contributed by atoms with Gasteiger partial charge in [0.25, 0.3) is 0 Å². The Kier molecular flexibility index (Phi) is 5.28. The lowest BCUT2D eigenvalue weighted by molar-refractivity contribution is 0.607. The average Bonchev–Trinajstić information content (AvgIpc) is 2.50. The van der Waals surface area contributed by atoms with Crippen molar-refractivity contribution in [3.8, 4) is 0 Å². The molecule has 4 nitrogen and oxygen atoms in total. The summed E-state index contributed by atoms with van der Waals surface area (Å²) in [4.78, 5) is 0. The Labute approximate surface area is 99.4 Å². The number of aryl methyl sites for hydroxylation is 2. The fourth-order valence-electron chi connectivity index (χ4n) is 1.45. The molecule has 0 spiro atoms. The summed E-state index contributed by atoms with van der Waals surface area (Å²) in [6.45, 7) is 4.64. The van der Waals surface area contributed by atoms with E-state index in [0.717, 1.165) is 42.6 Å². The summed E-state index contributed by atoms with van der Waals surface area (Å²) in [7, 11) is 1.98. The Morgan fingerprint density at radius 1 is 1.53 bits per heavy atom. The summed E-state index contributed by atoms with van der Waals surface area (Å²) in [6, 6.07) is 0. The van der Waals surface area contributed by atoms with Gasteiger partial charge in [0.15, 0.2) is 0 Å². The zero-order chi connectivity index (χ0) is 11.3. The van der Waals surface area contributed by atoms with E-state index in [0.29, 0.717) is 0 Å². The first kappa shape index (κ1) is 12.7. The molecule has 1 rings (SSSR count). The van der Waals surface area contributed by atoms with Gasteiger partial charge in [-0.1, -0.05) is 6.92 Å². The number of hydrogen-bond donors (Lipinski definition) is 2. The highest BCUT2D eigenvalue weighted by molar-refractivity contribution is 9.10. The fraction of sp³-hybridized carbons (Fsp3) is 0.700. The minimum Gasteiger partial charge on any atom is -0.330 e. The number of nitrogens with one attached hydrogen (secondary N) is 1. The Bertz CT molecular complexity index is 309. The molecule has 86 valence electrons. The molecule has 0 unspecified atom stereocenters. The molecule has 1 heterocycles. The van der Waals surface area contributed by atoms with Crippen LogP contribution in [0.15, 0.2) is 4.47 Å². The molecule has 3 N–H and O–H groups in total. The molecule has 0 aromatic carbocycles. The normalized spacial score (nSPS) is 10.9. The molecule has 1 aromatic rings. The molecule has 15 heavy (non-hydrogen) atoms. The van der Waals surface area contributed by atoms with E-state index < -0.39 is 0 Å². The number of hydrogen-bond acceptors (Lipinski definition) is 3. The van der Waals surface area contributed by atoms with Crippen molar-refractivity contribution in [3.63, 3.8) is 0 Å². The van der Waals surface area contributed by atoms with Gasteiger partial charge in [-0.25, -0.2) is 0 Å². The lowest BCUT2D eigenvalue weighted by Gasteiger charge is -2.04. The second-order valence-electron chi connectivity index (χ2n) is 3.50. The minimum atomic E-state index is 0.736. The highest BCUT2D eigenvalue weighted by atomic mass is 79.9. The summed E-state index contributed by atoms with van der Waals surface area (Å²) in [5.41, 5.74) is 7.74. The lowest BCUT2D eigenvalue weighted by atomic mass is 10.3. The van der Waals surface area contributed by atoms with Crippen molar-refractivity contribution >= 4 is 15.9 Å². The van der Waals surface area contributed by atoms with Crippen LogP contribution in [-0.2, 0) is 20.0 Å². The minimum absolute atomic E-state index is 0.736. The monoisotopic (exact) mass is 274 g/mol. The van der Waals surface area contributed by atoms with E-state index >= 15 is 0 Å². The van der Waals surface area contributed by atoms with Gasteiger partial charge in [-0.2, -0.15) is 5.10 Å². The van der Waals surface area contributed by atoms with Crippen LogP contribution in [0.2, 0.25) is 0 Å². The van der Waals surface area contributed by atoms with Crippen molar-refractivity contribution < 1.29 is 0 Å². The first-order valence-electron chi connectivity index (χ1n) is 5.31. The van der Waals surface area contributed by atoms with Crippen LogP contribution in [0.4, 0.5) is 0 Å². The van der Waals surface area contributed by atoms with Gasteiger partial charge < -0.3 is 11.1 Å². The van der Waals surface area contributed by atoms with Crippen LogP contribution < -0.4 is 11.1 Å². The molecule has 0 bridgehead atoms. The smallest absolute Gasteiger partial charge is 0.0767 e. The second-order valence-corrected chi connectivity index (χ2v) is 4.30. The summed E-state index contributed by atoms with van der Waals surface area (Å²) >= 11 is 3.58. The maximum atomic E-state index is 5.43. The summed E-state index contributed by atoms with van der Waals surface area (Å²) in [6.07, 6.45) is 1.97. The van der Waals surface area contributed by atoms with Crippen molar-refractivity contribution in [1.82, 2.24) is 15.1 Å². The maximum Gasteiger partial charge on any atom is 0.0767 e. The van der Waals surface area contributed by atoms with Gasteiger partial charge in [0.2, 0.25) is 0 Å². The molecule has 0 aliphatic rings. The molecule has 0 aliphatic carbocycles. The highest BCUT2D eigenvalue weighted by Crippen LogP contribution is 2.21. The predicted molar refractivity (Wildman–Crippen MR) is 65.7 cm³/mol. The van der Waals surface area contributed by atoms with Crippen LogP contribution in [0.5, 0.6) is 0 Å². The SMILES string of the molecule is CCc1nn(C)c(CNCCCN)c1Br. The lowest BCUT2D eigenvalue weighted by Crippen LogP contribution is -2.19. The van der Waals surface area contributed by atoms with E-state index in [2.05, 4.69) is 33.3 Å². The molecule has 0 saturated carbocycles. The maximum absolute atomic E-state index is 5.43. The molecule has 0 fully saturated rings. The van der Waals surface area contributed by atoms with Crippen molar-refractivity contribution in [3.05, 3.63) is 15.9 Å². The predicted octanol–water partition coefficient (Wildman–Crippen LogP) is 1.18. The van der Waals surface area contributed by atoms with Gasteiger partial charge in [-0.15, -0.1) is 0 Å². The van der Waals surface area contributed by atoms with Crippen molar-refractivity contribution in [2.24, 2.45) is 12.8 Å². The largest absolute Gasteiger partial charge is 0.330 e. The number of nitrogens with zero attached hydrogens (tertiary/aromatic N) is 2. The van der Waals surface area contributed by atoms with Crippen LogP contribution in [0, 0.1) is 0 Å². The zero-order valence-electron chi connectivity index (χ0n) is 9.39. The van der Waals surface area contributed by atoms with E-state index in [9.17, 15) is 0 Å². The third kappa shape index (κ3) is 3.29. The van der Waals surface area contributed by atoms with Gasteiger partial charge in [-0.05, 0) is 41.9 Å². The molecule has 0 atom stereocenters. The zero-order valence-corrected chi connectivity index (χ0v) is 11.0. The van der Waals surface area contributed by atoms with Crippen molar-refractivity contribution in [1.29, 1.82) is 0 Å². The molecule has 5 heteroatoms. The third-order valence-corrected chi connectivity index (χ3v) is 3.27. The Balaban J connectivity index is 2.56. The Morgan fingerprint density at radius 3 is 2.80 bits per heavy atom. The summed E-state index contributed by atoms with van der Waals surface area (Å²) < 4.78 is 3.06. The molecule has 0 amide bonds. The van der Waals surface area contributed by atoms with Crippen LogP contribution in [-0.4, -0.2) is 22.9 Å². The van der Waals surface area contributed by atoms with E-state index in [4.69, 9.17) is 5.73 Å². The molecule has 0 aliphatic heterocycles. The van der Waals surface area contributed by atoms with Crippen molar-refractivity contribution in [2.75, 3.05) is 13.1 Å². The van der Waals surface area contributed by atoms with Crippen LogP contribution in [0.3, 0.4) is 0 Å². The van der Waals surface area contributed by atoms with Crippen molar-refractivity contribution in [2.45, 2.75) is 26.3 Å². The summed E-state index contributed by atoms with van der Waals surface area (Å²) in [5, 5.41) is 7.78. The van der Waals surface area contributed by atoms with E-state index in [1.807, 2.05) is 11.7 Å². The fourth-order valence-corrected chi connectivity index (χ4v) is 2.20. The van der Waals surface area contributed by atoms with E-state index in [1.165, 1.54) is 5.69 Å². The Morgan fingerprint density at radius 2 is 2.27 bits per heavy atom. The number of nitrogens with two attached hydrogens (primary N) is 1. The third-order valence-electron chi connectivity index (χ3n) is 2.35. The van der Waals surface area contributed by atoms with Gasteiger partial charge >= 0.3 is 0 Å². The number of rotatable bonds is 6. The van der Waals surface area contributed by atoms with E-state index in [-0.39, 0.29) is 0 Å². The van der Waals surface area contributed by atoms with Gasteiger partial charge in [0.05, 0.1) is 15.9 Å². The topological polar surface area (TPSA) is 55.9 Å². The number of halogens is 1. The molecular weight excluding hydrogens is 256 g/mol. The second kappa shape index (κ2) is 6.25. The molecule has 0 radical (unpaired) electrons. The van der Waals surface area contributed by atoms with Crippen LogP contribution in [0.25, 0.3) is 0 Å². The van der Waals surface area contributed by atoms with Gasteiger partial charge in [0, 0.05) is 13.6 Å². The molecule has 1 aromatic heterocycles. The standard InChI is InChI=1S/C10H19BrN4/c1-3-8-10(11)9(15(2)14-8)7-13-6-4-5-12/h13H,3-7,12H2,1-2H3. The quantitative estimate of drug-likeness (QED) is 0.767. The Hall–Kier alpha value is -0.390. The van der Waals surface area contributed by atoms with Crippen LogP contribution >= 0.6 is 15.9 Å². The average molecular weight is 275 g/mol. The van der Waals surface area contributed by atoms with E-state index in [1.54, 1.807) is 0 Å². The summed E-state index contributed by atoms with van der Waals surface area (Å²) in [5.74, 6) is 0. The van der Waals surface area contributed by atoms with Crippen LogP contribution in [0.1, 0.15) is 24.7 Å². The first-order chi connectivity index (χ1) is 7.20. The molecular formula is C10H19BrN4. The molecule has 0 saturated heterocycles. The van der Waals surface area contributed by atoms with Gasteiger partial charge in [-0.3, -0.25) is 4.68 Å². The number of aromatic nitrogens is 2. The highest BCUT2D eigenvalue weighted by Gasteiger charge is 2.11. The van der Waals surface area contributed by atoms with Gasteiger partial charge in [0.1, 0.15) is 0 Å².